The highest BCUT2D eigenvalue weighted by Crippen LogP contribution is 2.44. The van der Waals surface area contributed by atoms with Gasteiger partial charge in [0.1, 0.15) is 5.75 Å². The molecule has 138 valence electrons. The van der Waals surface area contributed by atoms with E-state index in [1.807, 2.05) is 53.4 Å². The lowest BCUT2D eigenvalue weighted by Crippen LogP contribution is -2.66. The third kappa shape index (κ3) is 3.21. The first-order valence-corrected chi connectivity index (χ1v) is 9.14. The van der Waals surface area contributed by atoms with Crippen LogP contribution >= 0.6 is 0 Å². The Morgan fingerprint density at radius 1 is 1.00 bits per heavy atom. The number of likely N-dealkylation sites (tertiary alicyclic amines) is 1. The molecule has 4 nitrogen and oxygen atoms in total. The predicted octanol–water partition coefficient (Wildman–Crippen LogP) is 3.77. The zero-order valence-corrected chi connectivity index (χ0v) is 15.8. The number of amides is 1. The van der Waals surface area contributed by atoms with E-state index in [0.717, 1.165) is 16.9 Å². The number of aliphatic hydroxyl groups excluding tert-OH is 1. The SMILES string of the molecule is COc1cccc([C@H](C)[C@@H]2[C@@H]([C@H](C)O)C(=O)N2[C@@H](C)c2ccccc2)c1. The smallest absolute Gasteiger partial charge is 0.231 e. The Labute approximate surface area is 155 Å². The molecular weight excluding hydrogens is 326 g/mol. The van der Waals surface area contributed by atoms with E-state index in [4.69, 9.17) is 4.74 Å². The second kappa shape index (κ2) is 7.50. The molecule has 0 aromatic heterocycles. The number of aliphatic hydroxyl groups is 1. The molecule has 2 aromatic rings. The fraction of sp³-hybridized carbons (Fsp3) is 0.409. The number of rotatable bonds is 6. The van der Waals surface area contributed by atoms with Crippen molar-refractivity contribution < 1.29 is 14.6 Å². The number of nitrogens with zero attached hydrogens (tertiary/aromatic N) is 1. The number of carbonyl (C=O) groups excluding carboxylic acids is 1. The third-order valence-electron chi connectivity index (χ3n) is 5.58. The van der Waals surface area contributed by atoms with Gasteiger partial charge in [-0.25, -0.2) is 0 Å². The molecule has 3 rings (SSSR count). The van der Waals surface area contributed by atoms with E-state index in [-0.39, 0.29) is 29.8 Å². The van der Waals surface area contributed by atoms with Crippen molar-refractivity contribution in [3.05, 3.63) is 65.7 Å². The minimum atomic E-state index is -0.667. The molecule has 0 saturated carbocycles. The van der Waals surface area contributed by atoms with Crippen LogP contribution in [0.3, 0.4) is 0 Å². The Bertz CT molecular complexity index is 759. The lowest BCUT2D eigenvalue weighted by atomic mass is 9.73. The molecule has 2 aromatic carbocycles. The summed E-state index contributed by atoms with van der Waals surface area (Å²) >= 11 is 0. The monoisotopic (exact) mass is 353 g/mol. The molecule has 1 saturated heterocycles. The maximum absolute atomic E-state index is 12.8. The van der Waals surface area contributed by atoms with Gasteiger partial charge >= 0.3 is 0 Å². The van der Waals surface area contributed by atoms with Crippen molar-refractivity contribution in [3.8, 4) is 5.75 Å². The molecular formula is C22H27NO3. The highest BCUT2D eigenvalue weighted by molar-refractivity contribution is 5.87. The summed E-state index contributed by atoms with van der Waals surface area (Å²) in [5.74, 6) is 0.545. The van der Waals surface area contributed by atoms with Crippen molar-refractivity contribution in [2.45, 2.75) is 44.9 Å². The Kier molecular flexibility index (Phi) is 5.33. The first-order valence-electron chi connectivity index (χ1n) is 9.14. The molecule has 0 spiro atoms. The second-order valence-electron chi connectivity index (χ2n) is 7.15. The van der Waals surface area contributed by atoms with Crippen molar-refractivity contribution in [1.29, 1.82) is 0 Å². The first kappa shape index (κ1) is 18.5. The first-order chi connectivity index (χ1) is 12.5. The van der Waals surface area contributed by atoms with Crippen molar-refractivity contribution >= 4 is 5.91 Å². The standard InChI is InChI=1S/C22H27NO3/c1-14(18-11-8-12-19(13-18)26-4)21-20(16(3)24)22(25)23(21)15(2)17-9-6-5-7-10-17/h5-16,20-21,24H,1-4H3/t14-,15-,16-,20+,21+/m0/s1. The molecule has 0 unspecified atom stereocenters. The summed E-state index contributed by atoms with van der Waals surface area (Å²) < 4.78 is 5.35. The van der Waals surface area contributed by atoms with Gasteiger partial charge in [-0.1, -0.05) is 49.4 Å². The van der Waals surface area contributed by atoms with Crippen molar-refractivity contribution in [2.75, 3.05) is 7.11 Å². The van der Waals surface area contributed by atoms with Gasteiger partial charge in [0.25, 0.3) is 0 Å². The molecule has 0 aliphatic carbocycles. The fourth-order valence-corrected chi connectivity index (χ4v) is 4.06. The van der Waals surface area contributed by atoms with E-state index < -0.39 is 6.10 Å². The van der Waals surface area contributed by atoms with Gasteiger partial charge < -0.3 is 14.7 Å². The molecule has 1 aliphatic rings. The Hall–Kier alpha value is -2.33. The molecule has 1 fully saturated rings. The quantitative estimate of drug-likeness (QED) is 0.804. The van der Waals surface area contributed by atoms with Crippen LogP contribution in [0, 0.1) is 5.92 Å². The van der Waals surface area contributed by atoms with Gasteiger partial charge in [-0.15, -0.1) is 0 Å². The third-order valence-corrected chi connectivity index (χ3v) is 5.58. The van der Waals surface area contributed by atoms with Gasteiger partial charge in [-0.2, -0.15) is 0 Å². The van der Waals surface area contributed by atoms with Gasteiger partial charge in [-0.05, 0) is 37.1 Å². The molecule has 1 aliphatic heterocycles. The Morgan fingerprint density at radius 3 is 2.27 bits per heavy atom. The van der Waals surface area contributed by atoms with Crippen LogP contribution < -0.4 is 4.74 Å². The van der Waals surface area contributed by atoms with Gasteiger partial charge in [0.05, 0.1) is 31.2 Å². The minimum Gasteiger partial charge on any atom is -0.497 e. The lowest BCUT2D eigenvalue weighted by molar-refractivity contribution is -0.170. The van der Waals surface area contributed by atoms with Crippen molar-refractivity contribution in [3.63, 3.8) is 0 Å². The molecule has 1 heterocycles. The normalized spacial score (nSPS) is 23.1. The largest absolute Gasteiger partial charge is 0.497 e. The minimum absolute atomic E-state index is 0.0242. The van der Waals surface area contributed by atoms with Crippen LogP contribution in [0.4, 0.5) is 0 Å². The van der Waals surface area contributed by atoms with Gasteiger partial charge in [-0.3, -0.25) is 4.79 Å². The van der Waals surface area contributed by atoms with Crippen LogP contribution in [0.1, 0.15) is 43.9 Å². The molecule has 5 atom stereocenters. The number of hydrogen-bond acceptors (Lipinski definition) is 3. The zero-order valence-electron chi connectivity index (χ0n) is 15.8. The number of carbonyl (C=O) groups is 1. The van der Waals surface area contributed by atoms with Gasteiger partial charge in [0.2, 0.25) is 5.91 Å². The van der Waals surface area contributed by atoms with Gasteiger partial charge in [0.15, 0.2) is 0 Å². The number of β-lactam (4-membered cyclic amide) rings is 1. The average Bonchev–Trinajstić information content (AvgIpc) is 2.65. The molecule has 1 amide bonds. The topological polar surface area (TPSA) is 49.8 Å². The number of hydrogen-bond donors (Lipinski definition) is 1. The molecule has 0 bridgehead atoms. The summed E-state index contributed by atoms with van der Waals surface area (Å²) in [7, 11) is 1.65. The summed E-state index contributed by atoms with van der Waals surface area (Å²) in [6, 6.07) is 17.9. The maximum atomic E-state index is 12.8. The van der Waals surface area contributed by atoms with Crippen LogP contribution in [0.25, 0.3) is 0 Å². The van der Waals surface area contributed by atoms with E-state index in [1.54, 1.807) is 14.0 Å². The average molecular weight is 353 g/mol. The van der Waals surface area contributed by atoms with Crippen LogP contribution in [-0.2, 0) is 4.79 Å². The van der Waals surface area contributed by atoms with E-state index in [0.29, 0.717) is 0 Å². The summed E-state index contributed by atoms with van der Waals surface area (Å²) in [6.07, 6.45) is -0.667. The van der Waals surface area contributed by atoms with Crippen molar-refractivity contribution in [1.82, 2.24) is 4.90 Å². The van der Waals surface area contributed by atoms with Crippen LogP contribution in [0.5, 0.6) is 5.75 Å². The number of ether oxygens (including phenoxy) is 1. The molecule has 0 radical (unpaired) electrons. The predicted molar refractivity (Wildman–Crippen MR) is 102 cm³/mol. The summed E-state index contributed by atoms with van der Waals surface area (Å²) in [4.78, 5) is 14.8. The van der Waals surface area contributed by atoms with Gasteiger partial charge in [0, 0.05) is 5.92 Å². The fourth-order valence-electron chi connectivity index (χ4n) is 4.06. The van der Waals surface area contributed by atoms with E-state index in [2.05, 4.69) is 19.9 Å². The maximum Gasteiger partial charge on any atom is 0.231 e. The van der Waals surface area contributed by atoms with Crippen molar-refractivity contribution in [2.24, 2.45) is 5.92 Å². The van der Waals surface area contributed by atoms with Crippen LogP contribution in [0.2, 0.25) is 0 Å². The van der Waals surface area contributed by atoms with E-state index in [1.165, 1.54) is 0 Å². The molecule has 1 N–H and O–H groups in total. The lowest BCUT2D eigenvalue weighted by Gasteiger charge is -2.54. The summed E-state index contributed by atoms with van der Waals surface area (Å²) in [5, 5.41) is 10.2. The molecule has 26 heavy (non-hydrogen) atoms. The summed E-state index contributed by atoms with van der Waals surface area (Å²) in [5.41, 5.74) is 2.21. The Balaban J connectivity index is 1.92. The second-order valence-corrected chi connectivity index (χ2v) is 7.15. The summed E-state index contributed by atoms with van der Waals surface area (Å²) in [6.45, 7) is 5.88. The molecule has 4 heteroatoms. The van der Waals surface area contributed by atoms with E-state index in [9.17, 15) is 9.90 Å². The number of methoxy groups -OCH3 is 1. The highest BCUT2D eigenvalue weighted by Gasteiger charge is 2.53. The highest BCUT2D eigenvalue weighted by atomic mass is 16.5. The number of benzene rings is 2. The Morgan fingerprint density at radius 2 is 1.65 bits per heavy atom. The van der Waals surface area contributed by atoms with Crippen LogP contribution in [-0.4, -0.2) is 35.2 Å². The zero-order chi connectivity index (χ0) is 18.8. The van der Waals surface area contributed by atoms with E-state index >= 15 is 0 Å². The van der Waals surface area contributed by atoms with Crippen LogP contribution in [0.15, 0.2) is 54.6 Å².